The topological polar surface area (TPSA) is 95.8 Å². The van der Waals surface area contributed by atoms with Gasteiger partial charge in [-0.25, -0.2) is 0 Å². The van der Waals surface area contributed by atoms with Crippen molar-refractivity contribution in [2.75, 3.05) is 52.9 Å². The van der Waals surface area contributed by atoms with Gasteiger partial charge in [0.25, 0.3) is 0 Å². The summed E-state index contributed by atoms with van der Waals surface area (Å²) >= 11 is 0. The summed E-state index contributed by atoms with van der Waals surface area (Å²) in [7, 11) is 0. The van der Waals surface area contributed by atoms with Crippen molar-refractivity contribution in [2.24, 2.45) is 40.4 Å². The monoisotopic (exact) mass is 839 g/mol. The smallest absolute Gasteiger partial charge is 0.119 e. The molecule has 2 aromatic carbocycles. The number of hydrogen-bond donors (Lipinski definition) is 2. The molecule has 342 valence electrons. The van der Waals surface area contributed by atoms with Gasteiger partial charge in [-0.3, -0.25) is 0 Å². The molecule has 2 aromatic rings. The van der Waals surface area contributed by atoms with Gasteiger partial charge in [-0.1, -0.05) is 57.2 Å². The molecular weight excluding hydrogens is 753 g/mol. The highest BCUT2D eigenvalue weighted by molar-refractivity contribution is 5.21. The third-order valence-corrected chi connectivity index (χ3v) is 13.6. The van der Waals surface area contributed by atoms with Crippen LogP contribution in [0, 0.1) is 40.4 Å². The van der Waals surface area contributed by atoms with Gasteiger partial charge in [0, 0.05) is 38.3 Å². The van der Waals surface area contributed by atoms with Crippen molar-refractivity contribution in [3.05, 3.63) is 60.7 Å². The standard InChI is InChI=1S/C52H86O8/c1-40-32-51(10,38-47(2,3)59-30-20-18-28-55-34-42(49(6,7)53)36-57-44-22-14-12-15-23-44)27-26-41-33-52(11,46(40)41)39-48(4,5)60-31-21-19-29-56-35-43(50(8,9)54)37-58-45-24-16-13-17-25-45/h12-17,22-25,40-43,46,53-54H,18-21,26-39H2,1-11H3. The third-order valence-electron chi connectivity index (χ3n) is 13.6. The zero-order valence-electron chi connectivity index (χ0n) is 39.7. The number of ether oxygens (including phenoxy) is 6. The summed E-state index contributed by atoms with van der Waals surface area (Å²) in [5.74, 6) is 3.57. The highest BCUT2D eigenvalue weighted by atomic mass is 16.5. The van der Waals surface area contributed by atoms with Crippen molar-refractivity contribution >= 4 is 0 Å². The van der Waals surface area contributed by atoms with Gasteiger partial charge in [0.05, 0.1) is 48.8 Å². The molecule has 0 aromatic heterocycles. The Hall–Kier alpha value is -2.20. The Kier molecular flexibility index (Phi) is 18.9. The normalized spacial score (nSPS) is 24.9. The van der Waals surface area contributed by atoms with Crippen molar-refractivity contribution in [3.63, 3.8) is 0 Å². The van der Waals surface area contributed by atoms with Crippen LogP contribution in [0.4, 0.5) is 0 Å². The lowest BCUT2D eigenvalue weighted by Crippen LogP contribution is -2.52. The second-order valence-electron chi connectivity index (χ2n) is 21.8. The Morgan fingerprint density at radius 2 is 1.03 bits per heavy atom. The van der Waals surface area contributed by atoms with Crippen LogP contribution in [0.1, 0.15) is 140 Å². The number of aliphatic hydroxyl groups is 2. The third kappa shape index (κ3) is 16.8. The van der Waals surface area contributed by atoms with Crippen LogP contribution in [-0.2, 0) is 18.9 Å². The van der Waals surface area contributed by atoms with Crippen molar-refractivity contribution in [1.82, 2.24) is 0 Å². The molecule has 0 spiro atoms. The number of para-hydroxylation sites is 2. The Morgan fingerprint density at radius 3 is 1.48 bits per heavy atom. The first-order valence-corrected chi connectivity index (χ1v) is 23.3. The van der Waals surface area contributed by atoms with E-state index < -0.39 is 11.2 Å². The molecule has 2 aliphatic rings. The van der Waals surface area contributed by atoms with E-state index in [-0.39, 0.29) is 28.5 Å². The fraction of sp³-hybridized carbons (Fsp3) is 0.769. The highest BCUT2D eigenvalue weighted by Gasteiger charge is 2.56. The minimum absolute atomic E-state index is 0.121. The van der Waals surface area contributed by atoms with E-state index >= 15 is 0 Å². The molecule has 2 N–H and O–H groups in total. The average molecular weight is 839 g/mol. The summed E-state index contributed by atoms with van der Waals surface area (Å²) in [5, 5.41) is 21.4. The molecule has 0 heterocycles. The summed E-state index contributed by atoms with van der Waals surface area (Å²) in [6, 6.07) is 19.5. The summed E-state index contributed by atoms with van der Waals surface area (Å²) in [6.45, 7) is 28.5. The molecule has 8 heteroatoms. The molecule has 2 aliphatic carbocycles. The largest absolute Gasteiger partial charge is 0.493 e. The lowest BCUT2D eigenvalue weighted by atomic mass is 9.48. The summed E-state index contributed by atoms with van der Waals surface area (Å²) in [6.07, 6.45) is 11.0. The minimum Gasteiger partial charge on any atom is -0.493 e. The van der Waals surface area contributed by atoms with Gasteiger partial charge in [-0.2, -0.15) is 0 Å². The maximum absolute atomic E-state index is 10.7. The van der Waals surface area contributed by atoms with Crippen LogP contribution in [-0.4, -0.2) is 85.5 Å². The molecule has 4 rings (SSSR count). The fourth-order valence-electron chi connectivity index (χ4n) is 10.8. The maximum atomic E-state index is 10.7. The van der Waals surface area contributed by atoms with Crippen LogP contribution in [0.5, 0.6) is 11.5 Å². The van der Waals surface area contributed by atoms with E-state index in [0.29, 0.717) is 51.0 Å². The number of unbranched alkanes of at least 4 members (excludes halogenated alkanes) is 2. The van der Waals surface area contributed by atoms with Crippen molar-refractivity contribution in [3.8, 4) is 11.5 Å². The van der Waals surface area contributed by atoms with Crippen LogP contribution >= 0.6 is 0 Å². The molecule has 0 amide bonds. The molecule has 7 atom stereocenters. The Balaban J connectivity index is 1.12. The molecule has 8 nitrogen and oxygen atoms in total. The summed E-state index contributed by atoms with van der Waals surface area (Å²) < 4.78 is 37.1. The first-order valence-electron chi connectivity index (χ1n) is 23.3. The number of fused-ring (bicyclic) bond motifs is 1. The average Bonchev–Trinajstić information content (AvgIpc) is 3.24. The lowest BCUT2D eigenvalue weighted by molar-refractivity contribution is -0.129. The highest BCUT2D eigenvalue weighted by Crippen LogP contribution is 2.64. The zero-order chi connectivity index (χ0) is 44.1. The van der Waals surface area contributed by atoms with E-state index in [9.17, 15) is 10.2 Å². The van der Waals surface area contributed by atoms with Gasteiger partial charge >= 0.3 is 0 Å². The van der Waals surface area contributed by atoms with Crippen LogP contribution in [0.3, 0.4) is 0 Å². The van der Waals surface area contributed by atoms with Gasteiger partial charge in [0.15, 0.2) is 0 Å². The van der Waals surface area contributed by atoms with E-state index in [1.807, 2.05) is 88.4 Å². The van der Waals surface area contributed by atoms with Crippen LogP contribution in [0.15, 0.2) is 60.7 Å². The Labute approximate surface area is 365 Å². The van der Waals surface area contributed by atoms with Gasteiger partial charge in [0.2, 0.25) is 0 Å². The van der Waals surface area contributed by atoms with Crippen LogP contribution < -0.4 is 9.47 Å². The number of benzene rings is 2. The fourth-order valence-corrected chi connectivity index (χ4v) is 10.8. The molecule has 0 saturated heterocycles. The first-order chi connectivity index (χ1) is 28.1. The first kappa shape index (κ1) is 50.4. The van der Waals surface area contributed by atoms with E-state index in [1.165, 1.54) is 25.7 Å². The Morgan fingerprint density at radius 1 is 0.600 bits per heavy atom. The number of rotatable bonds is 28. The van der Waals surface area contributed by atoms with E-state index in [0.717, 1.165) is 75.1 Å². The molecule has 0 bridgehead atoms. The molecule has 60 heavy (non-hydrogen) atoms. The lowest BCUT2D eigenvalue weighted by Gasteiger charge is -2.58. The maximum Gasteiger partial charge on any atom is 0.119 e. The Bertz CT molecular complexity index is 1390. The quantitative estimate of drug-likeness (QED) is 0.0818. The molecule has 0 aliphatic heterocycles. The van der Waals surface area contributed by atoms with Crippen molar-refractivity contribution < 1.29 is 38.6 Å². The minimum atomic E-state index is -0.889. The van der Waals surface area contributed by atoms with Crippen molar-refractivity contribution in [2.45, 2.75) is 163 Å². The van der Waals surface area contributed by atoms with E-state index in [2.05, 4.69) is 48.5 Å². The molecule has 2 fully saturated rings. The summed E-state index contributed by atoms with van der Waals surface area (Å²) in [5.41, 5.74) is -1.58. The van der Waals surface area contributed by atoms with Gasteiger partial charge in [0.1, 0.15) is 11.5 Å². The van der Waals surface area contributed by atoms with E-state index in [4.69, 9.17) is 28.4 Å². The van der Waals surface area contributed by atoms with Gasteiger partial charge in [-0.05, 0) is 172 Å². The summed E-state index contributed by atoms with van der Waals surface area (Å²) in [4.78, 5) is 0. The zero-order valence-corrected chi connectivity index (χ0v) is 39.7. The molecule has 2 saturated carbocycles. The van der Waals surface area contributed by atoms with Crippen LogP contribution in [0.25, 0.3) is 0 Å². The van der Waals surface area contributed by atoms with Gasteiger partial charge in [-0.15, -0.1) is 0 Å². The molecule has 7 unspecified atom stereocenters. The van der Waals surface area contributed by atoms with Crippen molar-refractivity contribution in [1.29, 1.82) is 0 Å². The van der Waals surface area contributed by atoms with Crippen LogP contribution in [0.2, 0.25) is 0 Å². The predicted octanol–water partition coefficient (Wildman–Crippen LogP) is 11.4. The molecular formula is C52H86O8. The number of hydrogen-bond acceptors (Lipinski definition) is 8. The predicted molar refractivity (Wildman–Crippen MR) is 244 cm³/mol. The second-order valence-corrected chi connectivity index (χ2v) is 21.8. The second kappa shape index (κ2) is 22.4. The SMILES string of the molecule is CC1CC(C)(CC(C)(C)OCCCCOCC(COc2ccccc2)C(C)(C)O)CCC2CC(C)(CC(C)(C)OCCCCOCC(COc3ccccc3)C(C)(C)O)C12. The van der Waals surface area contributed by atoms with Gasteiger partial charge < -0.3 is 38.6 Å². The molecule has 0 radical (unpaired) electrons. The van der Waals surface area contributed by atoms with E-state index in [1.54, 1.807) is 0 Å².